The van der Waals surface area contributed by atoms with E-state index in [1.54, 1.807) is 0 Å². The van der Waals surface area contributed by atoms with Gasteiger partial charge in [0.05, 0.1) is 17.4 Å². The molecule has 0 fully saturated rings. The van der Waals surface area contributed by atoms with Gasteiger partial charge in [0.25, 0.3) is 0 Å². The number of imidazole rings is 1. The van der Waals surface area contributed by atoms with Crippen molar-refractivity contribution >= 4 is 17.1 Å². The largest absolute Gasteiger partial charge is 0.334 e. The van der Waals surface area contributed by atoms with Crippen LogP contribution in [0.1, 0.15) is 36.1 Å². The molecule has 3 aromatic carbocycles. The maximum atomic E-state index is 12.4. The lowest BCUT2D eigenvalue weighted by Gasteiger charge is -2.20. The molecule has 4 rings (SSSR count). The summed E-state index contributed by atoms with van der Waals surface area (Å²) >= 11 is 0. The number of hydrogen-bond acceptors (Lipinski definition) is 3. The molecule has 2 amide bonds. The zero-order chi connectivity index (χ0) is 23.8. The first kappa shape index (κ1) is 23.5. The van der Waals surface area contributed by atoms with E-state index in [0.717, 1.165) is 48.3 Å². The highest BCUT2D eigenvalue weighted by molar-refractivity contribution is 5.75. The Bertz CT molecular complexity index is 1210. The van der Waals surface area contributed by atoms with Gasteiger partial charge in [0, 0.05) is 26.2 Å². The standard InChI is InChI=1S/C28H33N5O/c1-3-32(4-2)20-25-10-6-5-9-24(25)18-30-28(34)29-17-22-13-15-23(16-14-22)19-33-21-31-26-11-7-8-12-27(26)33/h5-16,21H,3-4,17-20H2,1-2H3,(H2,29,30,34). The fraction of sp³-hybridized carbons (Fsp3) is 0.286. The van der Waals surface area contributed by atoms with Crippen LogP contribution in [0.3, 0.4) is 0 Å². The molecular weight excluding hydrogens is 422 g/mol. The number of carbonyl (C=O) groups is 1. The van der Waals surface area contributed by atoms with Crippen LogP contribution in [0.4, 0.5) is 4.79 Å². The molecular formula is C28H33N5O. The van der Waals surface area contributed by atoms with Gasteiger partial charge in [-0.15, -0.1) is 0 Å². The van der Waals surface area contributed by atoms with Crippen molar-refractivity contribution in [2.75, 3.05) is 13.1 Å². The van der Waals surface area contributed by atoms with Crippen molar-refractivity contribution in [1.82, 2.24) is 25.1 Å². The smallest absolute Gasteiger partial charge is 0.315 e. The lowest BCUT2D eigenvalue weighted by Crippen LogP contribution is -2.35. The Hall–Kier alpha value is -3.64. The Morgan fingerprint density at radius 3 is 2.24 bits per heavy atom. The number of amides is 2. The molecule has 1 aromatic heterocycles. The van der Waals surface area contributed by atoms with E-state index >= 15 is 0 Å². The van der Waals surface area contributed by atoms with E-state index in [1.165, 1.54) is 11.1 Å². The highest BCUT2D eigenvalue weighted by atomic mass is 16.2. The monoisotopic (exact) mass is 455 g/mol. The molecule has 6 heteroatoms. The summed E-state index contributed by atoms with van der Waals surface area (Å²) in [5.41, 5.74) is 6.81. The summed E-state index contributed by atoms with van der Waals surface area (Å²) in [6.07, 6.45) is 1.88. The molecule has 0 aliphatic carbocycles. The van der Waals surface area contributed by atoms with Crippen LogP contribution >= 0.6 is 0 Å². The highest BCUT2D eigenvalue weighted by Crippen LogP contribution is 2.15. The third-order valence-electron chi connectivity index (χ3n) is 6.20. The summed E-state index contributed by atoms with van der Waals surface area (Å²) in [6, 6.07) is 24.6. The van der Waals surface area contributed by atoms with Crippen LogP contribution in [0.2, 0.25) is 0 Å². The molecule has 34 heavy (non-hydrogen) atoms. The molecule has 2 N–H and O–H groups in total. The van der Waals surface area contributed by atoms with Crippen LogP contribution in [0.15, 0.2) is 79.1 Å². The second-order valence-electron chi connectivity index (χ2n) is 8.44. The summed E-state index contributed by atoms with van der Waals surface area (Å²) in [4.78, 5) is 19.2. The van der Waals surface area contributed by atoms with Crippen molar-refractivity contribution in [3.63, 3.8) is 0 Å². The molecule has 0 unspecified atom stereocenters. The minimum atomic E-state index is -0.161. The number of fused-ring (bicyclic) bond motifs is 1. The number of para-hydroxylation sites is 2. The first-order valence-electron chi connectivity index (χ1n) is 11.9. The van der Waals surface area contributed by atoms with Crippen molar-refractivity contribution in [2.24, 2.45) is 0 Å². The van der Waals surface area contributed by atoms with Gasteiger partial charge in [0.15, 0.2) is 0 Å². The predicted molar refractivity (Wildman–Crippen MR) is 137 cm³/mol. The number of nitrogens with one attached hydrogen (secondary N) is 2. The second kappa shape index (κ2) is 11.5. The number of rotatable bonds is 10. The maximum Gasteiger partial charge on any atom is 0.315 e. The van der Waals surface area contributed by atoms with E-state index in [9.17, 15) is 4.79 Å². The van der Waals surface area contributed by atoms with Gasteiger partial charge in [0.2, 0.25) is 0 Å². The van der Waals surface area contributed by atoms with Crippen molar-refractivity contribution in [2.45, 2.75) is 40.0 Å². The average molecular weight is 456 g/mol. The molecule has 176 valence electrons. The molecule has 0 atom stereocenters. The number of nitrogens with zero attached hydrogens (tertiary/aromatic N) is 3. The Morgan fingerprint density at radius 2 is 1.47 bits per heavy atom. The molecule has 0 saturated heterocycles. The summed E-state index contributed by atoms with van der Waals surface area (Å²) < 4.78 is 2.15. The van der Waals surface area contributed by atoms with Crippen LogP contribution < -0.4 is 10.6 Å². The van der Waals surface area contributed by atoms with Gasteiger partial charge in [-0.25, -0.2) is 9.78 Å². The second-order valence-corrected chi connectivity index (χ2v) is 8.44. The topological polar surface area (TPSA) is 62.2 Å². The summed E-state index contributed by atoms with van der Waals surface area (Å²) in [5, 5.41) is 5.96. The number of benzene rings is 3. The maximum absolute atomic E-state index is 12.4. The molecule has 6 nitrogen and oxygen atoms in total. The normalized spacial score (nSPS) is 11.1. The summed E-state index contributed by atoms with van der Waals surface area (Å²) in [7, 11) is 0. The zero-order valence-electron chi connectivity index (χ0n) is 20.0. The first-order chi connectivity index (χ1) is 16.7. The molecule has 0 aliphatic heterocycles. The van der Waals surface area contributed by atoms with Crippen LogP contribution in [0.25, 0.3) is 11.0 Å². The predicted octanol–water partition coefficient (Wildman–Crippen LogP) is 4.93. The van der Waals surface area contributed by atoms with E-state index in [4.69, 9.17) is 0 Å². The summed E-state index contributed by atoms with van der Waals surface area (Å²) in [5.74, 6) is 0. The lowest BCUT2D eigenvalue weighted by molar-refractivity contribution is 0.240. The fourth-order valence-corrected chi connectivity index (χ4v) is 4.09. The molecule has 0 aliphatic rings. The number of hydrogen-bond donors (Lipinski definition) is 2. The van der Waals surface area contributed by atoms with Crippen molar-refractivity contribution in [3.05, 3.63) is 101 Å². The Morgan fingerprint density at radius 1 is 0.824 bits per heavy atom. The molecule has 0 spiro atoms. The third-order valence-corrected chi connectivity index (χ3v) is 6.20. The van der Waals surface area contributed by atoms with Crippen LogP contribution in [0.5, 0.6) is 0 Å². The summed E-state index contributed by atoms with van der Waals surface area (Å²) in [6.45, 7) is 9.03. The number of carbonyl (C=O) groups excluding carboxylic acids is 1. The third kappa shape index (κ3) is 6.02. The van der Waals surface area contributed by atoms with Crippen molar-refractivity contribution in [1.29, 1.82) is 0 Å². The SMILES string of the molecule is CCN(CC)Cc1ccccc1CNC(=O)NCc1ccc(Cn2cnc3ccccc32)cc1. The van der Waals surface area contributed by atoms with Crippen LogP contribution in [-0.2, 0) is 26.2 Å². The molecule has 0 radical (unpaired) electrons. The van der Waals surface area contributed by atoms with E-state index in [0.29, 0.717) is 13.1 Å². The van der Waals surface area contributed by atoms with E-state index in [2.05, 4.69) is 87.5 Å². The van der Waals surface area contributed by atoms with Crippen molar-refractivity contribution in [3.8, 4) is 0 Å². The van der Waals surface area contributed by atoms with Crippen molar-refractivity contribution < 1.29 is 4.79 Å². The molecule has 0 bridgehead atoms. The van der Waals surface area contributed by atoms with Gasteiger partial charge in [-0.2, -0.15) is 0 Å². The van der Waals surface area contributed by atoms with Gasteiger partial charge in [-0.3, -0.25) is 4.90 Å². The Kier molecular flexibility index (Phi) is 7.94. The van der Waals surface area contributed by atoms with Crippen LogP contribution in [0, 0.1) is 0 Å². The van der Waals surface area contributed by atoms with Crippen LogP contribution in [-0.4, -0.2) is 33.6 Å². The minimum Gasteiger partial charge on any atom is -0.334 e. The van der Waals surface area contributed by atoms with Gasteiger partial charge in [-0.05, 0) is 47.5 Å². The molecule has 4 aromatic rings. The van der Waals surface area contributed by atoms with Gasteiger partial charge >= 0.3 is 6.03 Å². The zero-order valence-corrected chi connectivity index (χ0v) is 20.0. The van der Waals surface area contributed by atoms with E-state index in [-0.39, 0.29) is 6.03 Å². The average Bonchev–Trinajstić information content (AvgIpc) is 3.29. The number of urea groups is 1. The van der Waals surface area contributed by atoms with E-state index < -0.39 is 0 Å². The minimum absolute atomic E-state index is 0.161. The molecule has 1 heterocycles. The Balaban J connectivity index is 1.27. The Labute approximate surface area is 201 Å². The highest BCUT2D eigenvalue weighted by Gasteiger charge is 2.08. The van der Waals surface area contributed by atoms with Gasteiger partial charge in [0.1, 0.15) is 0 Å². The quantitative estimate of drug-likeness (QED) is 0.357. The molecule has 0 saturated carbocycles. The lowest BCUT2D eigenvalue weighted by atomic mass is 10.1. The van der Waals surface area contributed by atoms with Gasteiger partial charge < -0.3 is 15.2 Å². The first-order valence-corrected chi connectivity index (χ1v) is 11.9. The fourth-order valence-electron chi connectivity index (χ4n) is 4.09. The number of aromatic nitrogens is 2. The van der Waals surface area contributed by atoms with E-state index in [1.807, 2.05) is 30.6 Å². The van der Waals surface area contributed by atoms with Gasteiger partial charge in [-0.1, -0.05) is 74.5 Å².